The van der Waals surface area contributed by atoms with E-state index in [1.807, 2.05) is 0 Å². The van der Waals surface area contributed by atoms with E-state index in [1.54, 1.807) is 19.3 Å². The van der Waals surface area contributed by atoms with E-state index in [-0.39, 0.29) is 0 Å². The van der Waals surface area contributed by atoms with Crippen LogP contribution in [0.3, 0.4) is 0 Å². The normalized spacial score (nSPS) is 9.29. The van der Waals surface area contributed by atoms with E-state index in [0.29, 0.717) is 5.82 Å². The van der Waals surface area contributed by atoms with E-state index >= 15 is 0 Å². The third-order valence-corrected chi connectivity index (χ3v) is 0.821. The molecule has 0 unspecified atom stereocenters. The van der Waals surface area contributed by atoms with Crippen LogP contribution in [-0.4, -0.2) is 9.78 Å². The Labute approximate surface area is 41.7 Å². The predicted molar refractivity (Wildman–Crippen MR) is 26.0 cm³/mol. The van der Waals surface area contributed by atoms with Gasteiger partial charge in [-0.1, -0.05) is 0 Å². The highest BCUT2D eigenvalue weighted by Gasteiger charge is 1.85. The monoisotopic (exact) mass is 96.1 g/mol. The lowest BCUT2D eigenvalue weighted by atomic mass is 10.7. The Morgan fingerprint density at radius 1 is 1.86 bits per heavy atom. The van der Waals surface area contributed by atoms with Gasteiger partial charge in [-0.15, -0.1) is 0 Å². The maximum absolute atomic E-state index is 7.00. The summed E-state index contributed by atoms with van der Waals surface area (Å²) >= 11 is 0. The third-order valence-electron chi connectivity index (χ3n) is 0.821. The van der Waals surface area contributed by atoms with Crippen molar-refractivity contribution >= 4 is 5.82 Å². The first-order valence-corrected chi connectivity index (χ1v) is 2.00. The molecule has 0 saturated heterocycles. The highest BCUT2D eigenvalue weighted by Crippen LogP contribution is 1.95. The maximum Gasteiger partial charge on any atom is 0.142 e. The second-order valence-electron chi connectivity index (χ2n) is 1.34. The lowest BCUT2D eigenvalue weighted by Crippen LogP contribution is -1.88. The zero-order valence-corrected chi connectivity index (χ0v) is 4.05. The van der Waals surface area contributed by atoms with Crippen LogP contribution in [0.4, 0.5) is 5.82 Å². The van der Waals surface area contributed by atoms with Crippen molar-refractivity contribution in [1.29, 1.82) is 0 Å². The molecule has 1 radical (unpaired) electrons. The van der Waals surface area contributed by atoms with Crippen molar-refractivity contribution in [2.45, 2.75) is 0 Å². The summed E-state index contributed by atoms with van der Waals surface area (Å²) in [6.07, 6.45) is 1.60. The van der Waals surface area contributed by atoms with Crippen molar-refractivity contribution < 1.29 is 0 Å². The molecule has 3 nitrogen and oxygen atoms in total. The molecule has 0 aliphatic carbocycles. The first-order chi connectivity index (χ1) is 3.30. The fourth-order valence-electron chi connectivity index (χ4n) is 0.374. The summed E-state index contributed by atoms with van der Waals surface area (Å²) in [7, 11) is 1.74. The van der Waals surface area contributed by atoms with Crippen LogP contribution >= 0.6 is 0 Å². The quantitative estimate of drug-likeness (QED) is 0.459. The molecule has 0 fully saturated rings. The summed E-state index contributed by atoms with van der Waals surface area (Å²) in [5.74, 6) is 0.444. The summed E-state index contributed by atoms with van der Waals surface area (Å²) in [5.41, 5.74) is 7.00. The van der Waals surface area contributed by atoms with Crippen LogP contribution in [-0.2, 0) is 7.05 Å². The van der Waals surface area contributed by atoms with Gasteiger partial charge >= 0.3 is 0 Å². The molecule has 1 aromatic rings. The Bertz CT molecular complexity index is 139. The number of aromatic nitrogens is 2. The molecule has 0 aliphatic rings. The SMILES string of the molecule is Cn1nccc1[NH]. The van der Waals surface area contributed by atoms with Gasteiger partial charge in [0.1, 0.15) is 5.82 Å². The van der Waals surface area contributed by atoms with Gasteiger partial charge in [0.25, 0.3) is 0 Å². The molecule has 1 aromatic heterocycles. The number of rotatable bonds is 0. The van der Waals surface area contributed by atoms with Crippen molar-refractivity contribution in [3.05, 3.63) is 12.3 Å². The molecule has 37 valence electrons. The topological polar surface area (TPSA) is 41.6 Å². The Morgan fingerprint density at radius 2 is 2.57 bits per heavy atom. The number of aryl methyl sites for hydroxylation is 1. The number of nitrogens with zero attached hydrogens (tertiary/aromatic N) is 2. The minimum Gasteiger partial charge on any atom is -0.283 e. The fourth-order valence-corrected chi connectivity index (χ4v) is 0.374. The molecule has 0 spiro atoms. The third kappa shape index (κ3) is 0.559. The number of hydrogen-bond acceptors (Lipinski definition) is 1. The minimum absolute atomic E-state index is 0.444. The van der Waals surface area contributed by atoms with Gasteiger partial charge in [-0.3, -0.25) is 10.4 Å². The molecule has 1 rings (SSSR count). The summed E-state index contributed by atoms with van der Waals surface area (Å²) < 4.78 is 1.50. The Hall–Kier alpha value is -0.990. The molecule has 0 saturated carbocycles. The molecule has 0 amide bonds. The smallest absolute Gasteiger partial charge is 0.142 e. The van der Waals surface area contributed by atoms with Crippen molar-refractivity contribution in [3.63, 3.8) is 0 Å². The summed E-state index contributed by atoms with van der Waals surface area (Å²) in [6.45, 7) is 0. The zero-order valence-electron chi connectivity index (χ0n) is 4.05. The van der Waals surface area contributed by atoms with E-state index in [4.69, 9.17) is 5.73 Å². The van der Waals surface area contributed by atoms with E-state index < -0.39 is 0 Å². The Kier molecular flexibility index (Phi) is 0.749. The minimum atomic E-state index is 0.444. The molecule has 1 N–H and O–H groups in total. The predicted octanol–water partition coefficient (Wildman–Crippen LogP) is 0.334. The molecule has 0 bridgehead atoms. The summed E-state index contributed by atoms with van der Waals surface area (Å²) in [5, 5.41) is 3.75. The van der Waals surface area contributed by atoms with Crippen molar-refractivity contribution in [1.82, 2.24) is 15.5 Å². The van der Waals surface area contributed by atoms with Crippen LogP contribution < -0.4 is 5.73 Å². The van der Waals surface area contributed by atoms with Crippen LogP contribution in [0, 0.1) is 0 Å². The number of nitrogens with one attached hydrogen (secondary N) is 1. The van der Waals surface area contributed by atoms with Crippen molar-refractivity contribution in [2.75, 3.05) is 0 Å². The fraction of sp³-hybridized carbons (Fsp3) is 0.250. The van der Waals surface area contributed by atoms with Gasteiger partial charge in [0, 0.05) is 13.1 Å². The average Bonchev–Trinajstić information content (AvgIpc) is 1.91. The van der Waals surface area contributed by atoms with Crippen LogP contribution in [0.1, 0.15) is 0 Å². The van der Waals surface area contributed by atoms with Gasteiger partial charge in [0.15, 0.2) is 0 Å². The van der Waals surface area contributed by atoms with Gasteiger partial charge in [0.05, 0.1) is 6.20 Å². The van der Waals surface area contributed by atoms with Crippen LogP contribution in [0.5, 0.6) is 0 Å². The molecule has 3 heteroatoms. The van der Waals surface area contributed by atoms with Gasteiger partial charge in [0.2, 0.25) is 0 Å². The van der Waals surface area contributed by atoms with Crippen molar-refractivity contribution in [2.24, 2.45) is 7.05 Å². The standard InChI is InChI=1S/C4H6N3/c1-7-4(5)2-3-6-7/h2-3,5H,1H3. The maximum atomic E-state index is 7.00. The van der Waals surface area contributed by atoms with E-state index in [1.165, 1.54) is 4.68 Å². The summed E-state index contributed by atoms with van der Waals surface area (Å²) in [6, 6.07) is 1.64. The van der Waals surface area contributed by atoms with Crippen molar-refractivity contribution in [3.8, 4) is 0 Å². The molecule has 0 aromatic carbocycles. The Balaban J connectivity index is 3.12. The Morgan fingerprint density at radius 3 is 2.71 bits per heavy atom. The molecule has 1 heterocycles. The highest BCUT2D eigenvalue weighted by molar-refractivity contribution is 5.19. The molecular formula is C4H6N3. The highest BCUT2D eigenvalue weighted by atomic mass is 15.3. The number of hydrogen-bond donors (Lipinski definition) is 0. The second-order valence-corrected chi connectivity index (χ2v) is 1.34. The average molecular weight is 96.1 g/mol. The summed E-state index contributed by atoms with van der Waals surface area (Å²) in [4.78, 5) is 0. The van der Waals surface area contributed by atoms with E-state index in [9.17, 15) is 0 Å². The molecular weight excluding hydrogens is 90.1 g/mol. The lowest BCUT2D eigenvalue weighted by molar-refractivity contribution is 0.767. The van der Waals surface area contributed by atoms with Gasteiger partial charge in [-0.05, 0) is 0 Å². The van der Waals surface area contributed by atoms with Crippen LogP contribution in [0.2, 0.25) is 0 Å². The first-order valence-electron chi connectivity index (χ1n) is 2.00. The van der Waals surface area contributed by atoms with E-state index in [0.717, 1.165) is 0 Å². The largest absolute Gasteiger partial charge is 0.283 e. The first kappa shape index (κ1) is 4.18. The molecule has 7 heavy (non-hydrogen) atoms. The van der Waals surface area contributed by atoms with Gasteiger partial charge in [-0.2, -0.15) is 5.10 Å². The van der Waals surface area contributed by atoms with Gasteiger partial charge < -0.3 is 0 Å². The molecule has 0 atom stereocenters. The van der Waals surface area contributed by atoms with Crippen LogP contribution in [0.25, 0.3) is 0 Å². The lowest BCUT2D eigenvalue weighted by Gasteiger charge is -1.85. The molecule has 0 aliphatic heterocycles. The van der Waals surface area contributed by atoms with Gasteiger partial charge in [-0.25, -0.2) is 0 Å². The van der Waals surface area contributed by atoms with Crippen LogP contribution in [0.15, 0.2) is 12.3 Å². The second kappa shape index (κ2) is 1.26. The van der Waals surface area contributed by atoms with E-state index in [2.05, 4.69) is 5.10 Å². The zero-order chi connectivity index (χ0) is 5.28.